The molecule has 1 aliphatic rings. The zero-order chi connectivity index (χ0) is 16.2. The molecular weight excluding hydrogens is 340 g/mol. The van der Waals surface area contributed by atoms with E-state index in [0.717, 1.165) is 35.8 Å². The highest BCUT2D eigenvalue weighted by molar-refractivity contribution is 7.16. The molecule has 23 heavy (non-hydrogen) atoms. The third-order valence-corrected chi connectivity index (χ3v) is 5.00. The first-order valence-electron chi connectivity index (χ1n) is 6.80. The summed E-state index contributed by atoms with van der Waals surface area (Å²) >= 11 is 2.29. The molecule has 0 spiro atoms. The maximum Gasteiger partial charge on any atom is 0.324 e. The number of nitrogens with zero attached hydrogens (tertiary/aromatic N) is 3. The molecule has 1 unspecified atom stereocenters. The van der Waals surface area contributed by atoms with Gasteiger partial charge in [-0.3, -0.25) is 20.2 Å². The Morgan fingerprint density at radius 2 is 2.30 bits per heavy atom. The van der Waals surface area contributed by atoms with Crippen LogP contribution in [0.3, 0.4) is 0 Å². The largest absolute Gasteiger partial charge is 0.371 e. The van der Waals surface area contributed by atoms with Crippen LogP contribution in [0.15, 0.2) is 18.2 Å². The summed E-state index contributed by atoms with van der Waals surface area (Å²) in [5.74, 6) is -0.365. The molecule has 0 aromatic carbocycles. The van der Waals surface area contributed by atoms with Crippen molar-refractivity contribution in [2.75, 3.05) is 11.9 Å². The fourth-order valence-electron chi connectivity index (χ4n) is 2.02. The van der Waals surface area contributed by atoms with E-state index in [0.29, 0.717) is 10.0 Å². The Morgan fingerprint density at radius 1 is 1.43 bits per heavy atom. The van der Waals surface area contributed by atoms with Crippen LogP contribution in [-0.2, 0) is 9.53 Å². The van der Waals surface area contributed by atoms with Crippen molar-refractivity contribution in [2.24, 2.45) is 0 Å². The van der Waals surface area contributed by atoms with Gasteiger partial charge in [-0.15, -0.1) is 10.2 Å². The van der Waals surface area contributed by atoms with Gasteiger partial charge in [-0.2, -0.15) is 0 Å². The quantitative estimate of drug-likeness (QED) is 0.503. The van der Waals surface area contributed by atoms with E-state index in [-0.39, 0.29) is 17.0 Å². The molecule has 1 N–H and O–H groups in total. The summed E-state index contributed by atoms with van der Waals surface area (Å²) < 4.78 is 5.51. The van der Waals surface area contributed by atoms with Crippen molar-refractivity contribution < 1.29 is 14.5 Å². The highest BCUT2D eigenvalue weighted by atomic mass is 32.1. The van der Waals surface area contributed by atoms with Crippen LogP contribution in [-0.4, -0.2) is 27.6 Å². The molecule has 0 radical (unpaired) electrons. The van der Waals surface area contributed by atoms with E-state index in [9.17, 15) is 14.9 Å². The standard InChI is InChI=1S/C13H12N4O4S2/c18-10(5-3-8-4-6-11(22-8)17(19)20)14-13-16-15-12(23-13)9-2-1-7-21-9/h3-6,9H,1-2,7H2,(H,14,16,18)/b5-3+. The molecule has 3 rings (SSSR count). The Kier molecular flexibility index (Phi) is 4.74. The Balaban J connectivity index is 1.58. The first kappa shape index (κ1) is 15.7. The van der Waals surface area contributed by atoms with Crippen LogP contribution in [0.5, 0.6) is 0 Å². The highest BCUT2D eigenvalue weighted by Gasteiger charge is 2.22. The van der Waals surface area contributed by atoms with Crippen molar-refractivity contribution >= 4 is 44.8 Å². The Morgan fingerprint density at radius 3 is 3.00 bits per heavy atom. The number of anilines is 1. The summed E-state index contributed by atoms with van der Waals surface area (Å²) in [7, 11) is 0. The number of aromatic nitrogens is 2. The van der Waals surface area contributed by atoms with E-state index in [4.69, 9.17) is 4.74 Å². The van der Waals surface area contributed by atoms with Gasteiger partial charge in [-0.05, 0) is 25.0 Å². The van der Waals surface area contributed by atoms with E-state index in [1.807, 2.05) is 0 Å². The molecule has 10 heteroatoms. The molecule has 0 saturated carbocycles. The number of hydrogen-bond acceptors (Lipinski definition) is 8. The zero-order valence-electron chi connectivity index (χ0n) is 11.8. The van der Waals surface area contributed by atoms with Crippen molar-refractivity contribution in [3.05, 3.63) is 38.2 Å². The second kappa shape index (κ2) is 6.94. The van der Waals surface area contributed by atoms with Gasteiger partial charge in [-0.25, -0.2) is 0 Å². The maximum atomic E-state index is 11.8. The number of ether oxygens (including phenoxy) is 1. The predicted molar refractivity (Wildman–Crippen MR) is 86.5 cm³/mol. The summed E-state index contributed by atoms with van der Waals surface area (Å²) in [6, 6.07) is 2.99. The lowest BCUT2D eigenvalue weighted by Gasteiger charge is -2.01. The predicted octanol–water partition coefficient (Wildman–Crippen LogP) is 3.01. The number of carbonyl (C=O) groups excluding carboxylic acids is 1. The Bertz CT molecular complexity index is 749. The monoisotopic (exact) mass is 352 g/mol. The van der Waals surface area contributed by atoms with Gasteiger partial charge in [0.25, 0.3) is 0 Å². The maximum absolute atomic E-state index is 11.8. The van der Waals surface area contributed by atoms with Gasteiger partial charge >= 0.3 is 5.00 Å². The normalized spacial score (nSPS) is 17.7. The van der Waals surface area contributed by atoms with Gasteiger partial charge in [0.15, 0.2) is 0 Å². The topological polar surface area (TPSA) is 107 Å². The lowest BCUT2D eigenvalue weighted by atomic mass is 10.2. The Hall–Kier alpha value is -2.17. The lowest BCUT2D eigenvalue weighted by molar-refractivity contribution is -0.380. The van der Waals surface area contributed by atoms with Crippen LogP contribution in [0.1, 0.15) is 28.8 Å². The molecule has 3 heterocycles. The van der Waals surface area contributed by atoms with E-state index in [2.05, 4.69) is 15.5 Å². The van der Waals surface area contributed by atoms with Crippen LogP contribution in [0, 0.1) is 10.1 Å². The smallest absolute Gasteiger partial charge is 0.324 e. The Labute approximate surface area is 139 Å². The molecule has 2 aromatic rings. The summed E-state index contributed by atoms with van der Waals surface area (Å²) in [6.07, 6.45) is 4.72. The molecule has 2 aromatic heterocycles. The van der Waals surface area contributed by atoms with Crippen molar-refractivity contribution in [3.8, 4) is 0 Å². The van der Waals surface area contributed by atoms with Crippen LogP contribution >= 0.6 is 22.7 Å². The third kappa shape index (κ3) is 3.97. The third-order valence-electron chi connectivity index (χ3n) is 3.07. The van der Waals surface area contributed by atoms with Gasteiger partial charge in [0.05, 0.1) is 4.92 Å². The fraction of sp³-hybridized carbons (Fsp3) is 0.308. The first-order chi connectivity index (χ1) is 11.1. The second-order valence-electron chi connectivity index (χ2n) is 4.70. The van der Waals surface area contributed by atoms with Crippen LogP contribution in [0.25, 0.3) is 6.08 Å². The molecule has 1 aliphatic heterocycles. The fourth-order valence-corrected chi connectivity index (χ4v) is 3.58. The molecular formula is C13H12N4O4S2. The van der Waals surface area contributed by atoms with Crippen molar-refractivity contribution in [3.63, 3.8) is 0 Å². The van der Waals surface area contributed by atoms with E-state index >= 15 is 0 Å². The molecule has 1 amide bonds. The number of nitrogens with one attached hydrogen (secondary N) is 1. The van der Waals surface area contributed by atoms with Crippen LogP contribution in [0.2, 0.25) is 0 Å². The number of carbonyl (C=O) groups is 1. The minimum Gasteiger partial charge on any atom is -0.371 e. The minimum absolute atomic E-state index is 0.0274. The molecule has 0 bridgehead atoms. The summed E-state index contributed by atoms with van der Waals surface area (Å²) in [5.41, 5.74) is 0. The van der Waals surface area contributed by atoms with Crippen LogP contribution in [0.4, 0.5) is 10.1 Å². The van der Waals surface area contributed by atoms with E-state index in [1.165, 1.54) is 29.6 Å². The summed E-state index contributed by atoms with van der Waals surface area (Å²) in [5, 5.41) is 22.4. The van der Waals surface area contributed by atoms with Gasteiger partial charge in [0.2, 0.25) is 11.0 Å². The lowest BCUT2D eigenvalue weighted by Crippen LogP contribution is -2.07. The average Bonchev–Trinajstić information content (AvgIpc) is 3.25. The van der Waals surface area contributed by atoms with Gasteiger partial charge in [0.1, 0.15) is 11.1 Å². The summed E-state index contributed by atoms with van der Waals surface area (Å²) in [4.78, 5) is 22.6. The van der Waals surface area contributed by atoms with Crippen molar-refractivity contribution in [1.29, 1.82) is 0 Å². The second-order valence-corrected chi connectivity index (χ2v) is 6.81. The van der Waals surface area contributed by atoms with E-state index < -0.39 is 4.92 Å². The molecule has 0 aliphatic carbocycles. The number of thiophene rings is 1. The highest BCUT2D eigenvalue weighted by Crippen LogP contribution is 2.31. The molecule has 8 nitrogen and oxygen atoms in total. The zero-order valence-corrected chi connectivity index (χ0v) is 13.4. The van der Waals surface area contributed by atoms with E-state index in [1.54, 1.807) is 6.07 Å². The van der Waals surface area contributed by atoms with Crippen molar-refractivity contribution in [1.82, 2.24) is 10.2 Å². The first-order valence-corrected chi connectivity index (χ1v) is 8.43. The SMILES string of the molecule is O=C(/C=C/c1ccc([N+](=O)[O-])s1)Nc1nnc(C2CCCO2)s1. The van der Waals surface area contributed by atoms with Crippen molar-refractivity contribution in [2.45, 2.75) is 18.9 Å². The number of nitro groups is 1. The molecule has 1 saturated heterocycles. The van der Waals surface area contributed by atoms with Gasteiger partial charge < -0.3 is 4.74 Å². The number of hydrogen-bond donors (Lipinski definition) is 1. The van der Waals surface area contributed by atoms with Gasteiger partial charge in [0, 0.05) is 23.6 Å². The summed E-state index contributed by atoms with van der Waals surface area (Å²) in [6.45, 7) is 0.724. The number of amides is 1. The number of rotatable bonds is 5. The minimum atomic E-state index is -0.462. The van der Waals surface area contributed by atoms with Gasteiger partial charge in [-0.1, -0.05) is 22.7 Å². The van der Waals surface area contributed by atoms with Crippen LogP contribution < -0.4 is 5.32 Å². The molecule has 1 fully saturated rings. The average molecular weight is 352 g/mol. The molecule has 120 valence electrons. The molecule has 1 atom stereocenters.